The highest BCUT2D eigenvalue weighted by atomic mass is 16.5. The summed E-state index contributed by atoms with van der Waals surface area (Å²) < 4.78 is 10.5. The first kappa shape index (κ1) is 16.3. The quantitative estimate of drug-likeness (QED) is 0.796. The van der Waals surface area contributed by atoms with E-state index in [0.29, 0.717) is 13.1 Å². The lowest BCUT2D eigenvalue weighted by atomic mass is 9.92. The molecule has 5 heteroatoms. The largest absolute Gasteiger partial charge is 0.497 e. The molecule has 5 nitrogen and oxygen atoms in total. The molecule has 20 heavy (non-hydrogen) atoms. The fraction of sp³-hybridized carbons (Fsp3) is 0.533. The van der Waals surface area contributed by atoms with Crippen LogP contribution in [0.15, 0.2) is 18.2 Å². The monoisotopic (exact) mass is 280 g/mol. The van der Waals surface area contributed by atoms with Crippen LogP contribution in [0.4, 0.5) is 0 Å². The van der Waals surface area contributed by atoms with Crippen molar-refractivity contribution in [1.29, 1.82) is 0 Å². The number of rotatable bonds is 7. The van der Waals surface area contributed by atoms with Crippen molar-refractivity contribution in [3.8, 4) is 11.5 Å². The van der Waals surface area contributed by atoms with Crippen molar-refractivity contribution in [2.24, 2.45) is 5.41 Å². The number of methoxy groups -OCH3 is 2. The van der Waals surface area contributed by atoms with Crippen molar-refractivity contribution in [3.63, 3.8) is 0 Å². The highest BCUT2D eigenvalue weighted by Gasteiger charge is 2.25. The van der Waals surface area contributed by atoms with Crippen molar-refractivity contribution in [1.82, 2.24) is 10.6 Å². The van der Waals surface area contributed by atoms with Gasteiger partial charge in [0.1, 0.15) is 11.5 Å². The molecular weight excluding hydrogens is 256 g/mol. The summed E-state index contributed by atoms with van der Waals surface area (Å²) in [6.07, 6.45) is 0. The van der Waals surface area contributed by atoms with Crippen LogP contribution < -0.4 is 20.1 Å². The first-order valence-corrected chi connectivity index (χ1v) is 6.58. The zero-order chi connectivity index (χ0) is 15.2. The molecule has 0 aromatic heterocycles. The van der Waals surface area contributed by atoms with Crippen LogP contribution in [0.25, 0.3) is 0 Å². The van der Waals surface area contributed by atoms with Gasteiger partial charge in [-0.05, 0) is 32.0 Å². The Morgan fingerprint density at radius 1 is 1.25 bits per heavy atom. The summed E-state index contributed by atoms with van der Waals surface area (Å²) in [7, 11) is 4.92. The van der Waals surface area contributed by atoms with E-state index in [4.69, 9.17) is 9.47 Å². The molecule has 0 spiro atoms. The summed E-state index contributed by atoms with van der Waals surface area (Å²) in [4.78, 5) is 11.7. The first-order chi connectivity index (χ1) is 9.44. The van der Waals surface area contributed by atoms with E-state index in [1.807, 2.05) is 32.0 Å². The molecule has 0 aliphatic rings. The van der Waals surface area contributed by atoms with Gasteiger partial charge in [0.2, 0.25) is 5.91 Å². The van der Waals surface area contributed by atoms with Gasteiger partial charge < -0.3 is 20.1 Å². The van der Waals surface area contributed by atoms with Crippen LogP contribution in [-0.4, -0.2) is 33.7 Å². The maximum absolute atomic E-state index is 11.7. The van der Waals surface area contributed by atoms with E-state index in [-0.39, 0.29) is 5.91 Å². The van der Waals surface area contributed by atoms with Crippen LogP contribution in [-0.2, 0) is 11.3 Å². The maximum atomic E-state index is 11.7. The number of ether oxygens (including phenoxy) is 2. The molecule has 0 saturated heterocycles. The van der Waals surface area contributed by atoms with Gasteiger partial charge in [-0.25, -0.2) is 0 Å². The average Bonchev–Trinajstić information content (AvgIpc) is 2.45. The van der Waals surface area contributed by atoms with Gasteiger partial charge in [-0.15, -0.1) is 0 Å². The van der Waals surface area contributed by atoms with Crippen LogP contribution in [0.5, 0.6) is 11.5 Å². The molecular formula is C15H24N2O3. The smallest absolute Gasteiger partial charge is 0.226 e. The molecule has 1 aromatic rings. The summed E-state index contributed by atoms with van der Waals surface area (Å²) in [5.41, 5.74) is 0.542. The number of hydrogen-bond donors (Lipinski definition) is 2. The zero-order valence-corrected chi connectivity index (χ0v) is 12.9. The van der Waals surface area contributed by atoms with Crippen molar-refractivity contribution in [2.75, 3.05) is 27.8 Å². The van der Waals surface area contributed by atoms with Gasteiger partial charge >= 0.3 is 0 Å². The molecule has 0 radical (unpaired) electrons. The van der Waals surface area contributed by atoms with Gasteiger partial charge in [0.25, 0.3) is 0 Å². The van der Waals surface area contributed by atoms with Crippen molar-refractivity contribution >= 4 is 5.91 Å². The Kier molecular flexibility index (Phi) is 5.82. The second-order valence-corrected chi connectivity index (χ2v) is 5.24. The second-order valence-electron chi connectivity index (χ2n) is 5.24. The van der Waals surface area contributed by atoms with E-state index >= 15 is 0 Å². The molecule has 0 unspecified atom stereocenters. The molecule has 1 amide bonds. The van der Waals surface area contributed by atoms with E-state index in [2.05, 4.69) is 10.6 Å². The number of amides is 1. The molecule has 0 aliphatic carbocycles. The van der Waals surface area contributed by atoms with Crippen LogP contribution in [0, 0.1) is 5.41 Å². The number of hydrogen-bond acceptors (Lipinski definition) is 4. The van der Waals surface area contributed by atoms with E-state index < -0.39 is 5.41 Å². The fourth-order valence-electron chi connectivity index (χ4n) is 1.95. The maximum Gasteiger partial charge on any atom is 0.226 e. The molecule has 1 rings (SSSR count). The third-order valence-electron chi connectivity index (χ3n) is 3.21. The van der Waals surface area contributed by atoms with Gasteiger partial charge in [0.05, 0.1) is 19.6 Å². The Morgan fingerprint density at radius 2 is 1.95 bits per heavy atom. The van der Waals surface area contributed by atoms with Crippen molar-refractivity contribution in [3.05, 3.63) is 23.8 Å². The minimum absolute atomic E-state index is 0.0163. The third kappa shape index (κ3) is 4.13. The lowest BCUT2D eigenvalue weighted by Gasteiger charge is -2.23. The zero-order valence-electron chi connectivity index (χ0n) is 12.9. The Balaban J connectivity index is 2.67. The van der Waals surface area contributed by atoms with E-state index in [0.717, 1.165) is 17.1 Å². The van der Waals surface area contributed by atoms with Gasteiger partial charge in [0, 0.05) is 25.7 Å². The Hall–Kier alpha value is -1.75. The van der Waals surface area contributed by atoms with Crippen LogP contribution in [0.1, 0.15) is 19.4 Å². The van der Waals surface area contributed by atoms with Crippen LogP contribution >= 0.6 is 0 Å². The predicted octanol–water partition coefficient (Wildman–Crippen LogP) is 1.57. The summed E-state index contributed by atoms with van der Waals surface area (Å²) >= 11 is 0. The van der Waals surface area contributed by atoms with Crippen LogP contribution in [0.3, 0.4) is 0 Å². The lowest BCUT2D eigenvalue weighted by Crippen LogP contribution is -2.41. The van der Waals surface area contributed by atoms with Gasteiger partial charge in [-0.2, -0.15) is 0 Å². The number of benzene rings is 1. The number of carbonyl (C=O) groups excluding carboxylic acids is 1. The molecule has 1 aromatic carbocycles. The van der Waals surface area contributed by atoms with E-state index in [1.54, 1.807) is 21.3 Å². The lowest BCUT2D eigenvalue weighted by molar-refractivity contribution is -0.128. The fourth-order valence-corrected chi connectivity index (χ4v) is 1.95. The Bertz CT molecular complexity index is 458. The Morgan fingerprint density at radius 3 is 2.50 bits per heavy atom. The summed E-state index contributed by atoms with van der Waals surface area (Å²) in [6, 6.07) is 5.66. The van der Waals surface area contributed by atoms with Gasteiger partial charge in [-0.3, -0.25) is 4.79 Å². The SMILES string of the molecule is CNC(=O)C(C)(C)CNCc1cc(OC)ccc1OC. The molecule has 0 heterocycles. The molecule has 0 aliphatic heterocycles. The second kappa shape index (κ2) is 7.14. The van der Waals surface area contributed by atoms with Crippen LogP contribution in [0.2, 0.25) is 0 Å². The summed E-state index contributed by atoms with van der Waals surface area (Å²) in [5, 5.41) is 5.96. The van der Waals surface area contributed by atoms with E-state index in [1.165, 1.54) is 0 Å². The molecule has 0 atom stereocenters. The number of nitrogens with one attached hydrogen (secondary N) is 2. The molecule has 2 N–H and O–H groups in total. The number of carbonyl (C=O) groups is 1. The molecule has 0 fully saturated rings. The Labute approximate surface area is 120 Å². The van der Waals surface area contributed by atoms with Crippen molar-refractivity contribution < 1.29 is 14.3 Å². The molecule has 112 valence electrons. The standard InChI is InChI=1S/C15H24N2O3/c1-15(2,14(18)16-3)10-17-9-11-8-12(19-4)6-7-13(11)20-5/h6-8,17H,9-10H2,1-5H3,(H,16,18). The topological polar surface area (TPSA) is 59.6 Å². The molecule has 0 bridgehead atoms. The minimum atomic E-state index is -0.457. The van der Waals surface area contributed by atoms with Gasteiger partial charge in [-0.1, -0.05) is 0 Å². The summed E-state index contributed by atoms with van der Waals surface area (Å²) in [6.45, 7) is 5.00. The first-order valence-electron chi connectivity index (χ1n) is 6.58. The van der Waals surface area contributed by atoms with Crippen molar-refractivity contribution in [2.45, 2.75) is 20.4 Å². The highest BCUT2D eigenvalue weighted by molar-refractivity contribution is 5.81. The van der Waals surface area contributed by atoms with E-state index in [9.17, 15) is 4.79 Å². The predicted molar refractivity (Wildman–Crippen MR) is 79.1 cm³/mol. The minimum Gasteiger partial charge on any atom is -0.497 e. The normalized spacial score (nSPS) is 11.1. The molecule has 0 saturated carbocycles. The summed E-state index contributed by atoms with van der Waals surface area (Å²) in [5.74, 6) is 1.60. The third-order valence-corrected chi connectivity index (χ3v) is 3.21. The van der Waals surface area contributed by atoms with Gasteiger partial charge in [0.15, 0.2) is 0 Å². The average molecular weight is 280 g/mol. The highest BCUT2D eigenvalue weighted by Crippen LogP contribution is 2.24.